The normalized spacial score (nSPS) is 11.3. The number of anilines is 2. The summed E-state index contributed by atoms with van der Waals surface area (Å²) in [4.78, 5) is 15.8. The standard InChI is InChI=1S/C13H15ClN4OS/c1-13(2,12-17-3-4-20-12)18-10-8(11(16)19)5-7(15)6-9(10)14/h3-6,18H,15H2,1-2H3,(H2,16,19). The van der Waals surface area contributed by atoms with Crippen LogP contribution in [0.15, 0.2) is 23.7 Å². The predicted molar refractivity (Wildman–Crippen MR) is 83.1 cm³/mol. The molecule has 5 nitrogen and oxygen atoms in total. The van der Waals surface area contributed by atoms with Gasteiger partial charge in [-0.05, 0) is 26.0 Å². The van der Waals surface area contributed by atoms with Gasteiger partial charge >= 0.3 is 0 Å². The Hall–Kier alpha value is -1.79. The fraction of sp³-hybridized carbons (Fsp3) is 0.231. The van der Waals surface area contributed by atoms with E-state index in [1.807, 2.05) is 19.2 Å². The highest BCUT2D eigenvalue weighted by Crippen LogP contribution is 2.34. The van der Waals surface area contributed by atoms with Crippen LogP contribution in [0.1, 0.15) is 29.2 Å². The van der Waals surface area contributed by atoms with Gasteiger partial charge < -0.3 is 16.8 Å². The van der Waals surface area contributed by atoms with Crippen LogP contribution in [0.25, 0.3) is 0 Å². The molecular formula is C13H15ClN4OS. The number of benzene rings is 1. The lowest BCUT2D eigenvalue weighted by Gasteiger charge is -2.27. The Balaban J connectivity index is 2.46. The summed E-state index contributed by atoms with van der Waals surface area (Å²) in [6.07, 6.45) is 1.73. The fourth-order valence-electron chi connectivity index (χ4n) is 1.85. The maximum atomic E-state index is 11.6. The van der Waals surface area contributed by atoms with Gasteiger partial charge in [-0.25, -0.2) is 4.98 Å². The van der Waals surface area contributed by atoms with Crippen molar-refractivity contribution in [2.75, 3.05) is 11.1 Å². The van der Waals surface area contributed by atoms with E-state index in [0.717, 1.165) is 5.01 Å². The largest absolute Gasteiger partial charge is 0.399 e. The van der Waals surface area contributed by atoms with Crippen LogP contribution in [0.2, 0.25) is 5.02 Å². The van der Waals surface area contributed by atoms with Gasteiger partial charge in [0, 0.05) is 17.3 Å². The molecule has 1 amide bonds. The molecule has 0 unspecified atom stereocenters. The molecule has 20 heavy (non-hydrogen) atoms. The number of amides is 1. The Labute approximate surface area is 126 Å². The van der Waals surface area contributed by atoms with Crippen LogP contribution in [0.3, 0.4) is 0 Å². The zero-order valence-electron chi connectivity index (χ0n) is 11.1. The number of nitrogens with two attached hydrogens (primary N) is 2. The topological polar surface area (TPSA) is 94.0 Å². The molecule has 2 rings (SSSR count). The van der Waals surface area contributed by atoms with Crippen LogP contribution in [-0.4, -0.2) is 10.9 Å². The van der Waals surface area contributed by atoms with Gasteiger partial charge in [-0.15, -0.1) is 11.3 Å². The Morgan fingerprint density at radius 2 is 2.15 bits per heavy atom. The molecule has 7 heteroatoms. The van der Waals surface area contributed by atoms with Crippen molar-refractivity contribution in [1.29, 1.82) is 0 Å². The second kappa shape index (κ2) is 5.30. The number of hydrogen-bond acceptors (Lipinski definition) is 5. The van der Waals surface area contributed by atoms with Crippen molar-refractivity contribution < 1.29 is 4.79 Å². The summed E-state index contributed by atoms with van der Waals surface area (Å²) in [6, 6.07) is 3.09. The summed E-state index contributed by atoms with van der Waals surface area (Å²) in [7, 11) is 0. The number of carbonyl (C=O) groups is 1. The first-order chi connectivity index (χ1) is 9.31. The molecule has 0 saturated carbocycles. The highest BCUT2D eigenvalue weighted by atomic mass is 35.5. The molecule has 0 aliphatic carbocycles. The number of rotatable bonds is 4. The molecule has 0 spiro atoms. The van der Waals surface area contributed by atoms with Crippen LogP contribution in [-0.2, 0) is 5.54 Å². The lowest BCUT2D eigenvalue weighted by Crippen LogP contribution is -2.29. The van der Waals surface area contributed by atoms with E-state index >= 15 is 0 Å². The molecule has 5 N–H and O–H groups in total. The van der Waals surface area contributed by atoms with Crippen LogP contribution in [0.4, 0.5) is 11.4 Å². The van der Waals surface area contributed by atoms with Crippen molar-refractivity contribution in [2.45, 2.75) is 19.4 Å². The molecule has 106 valence electrons. The van der Waals surface area contributed by atoms with Gasteiger partial charge in [0.05, 0.1) is 21.8 Å². The number of nitrogen functional groups attached to an aromatic ring is 1. The third-order valence-electron chi connectivity index (χ3n) is 2.78. The van der Waals surface area contributed by atoms with Gasteiger partial charge in [-0.1, -0.05) is 11.6 Å². The number of carbonyl (C=O) groups excluding carboxylic acids is 1. The monoisotopic (exact) mass is 310 g/mol. The highest BCUT2D eigenvalue weighted by Gasteiger charge is 2.26. The minimum absolute atomic E-state index is 0.264. The molecule has 0 aliphatic rings. The number of thiazole rings is 1. The predicted octanol–water partition coefficient (Wildman–Crippen LogP) is 2.82. The molecule has 0 aliphatic heterocycles. The van der Waals surface area contributed by atoms with E-state index in [-0.39, 0.29) is 5.56 Å². The molecule has 2 aromatic rings. The first-order valence-corrected chi connectivity index (χ1v) is 7.14. The van der Waals surface area contributed by atoms with Crippen molar-refractivity contribution in [3.63, 3.8) is 0 Å². The zero-order valence-corrected chi connectivity index (χ0v) is 12.7. The summed E-state index contributed by atoms with van der Waals surface area (Å²) in [5, 5.41) is 6.34. The fourth-order valence-corrected chi connectivity index (χ4v) is 2.84. The molecule has 1 aromatic heterocycles. The molecule has 0 radical (unpaired) electrons. The number of halogens is 1. The second-order valence-corrected chi connectivity index (χ2v) is 6.18. The molecule has 0 fully saturated rings. The van der Waals surface area contributed by atoms with E-state index in [2.05, 4.69) is 10.3 Å². The SMILES string of the molecule is CC(C)(Nc1c(Cl)cc(N)cc1C(N)=O)c1nccs1. The Morgan fingerprint density at radius 1 is 1.45 bits per heavy atom. The second-order valence-electron chi connectivity index (χ2n) is 4.88. The molecule has 0 bridgehead atoms. The summed E-state index contributed by atoms with van der Waals surface area (Å²) in [6.45, 7) is 3.90. The van der Waals surface area contributed by atoms with E-state index in [9.17, 15) is 4.79 Å². The van der Waals surface area contributed by atoms with E-state index in [0.29, 0.717) is 16.4 Å². The zero-order chi connectivity index (χ0) is 14.9. The number of primary amides is 1. The Kier molecular flexibility index (Phi) is 3.87. The Morgan fingerprint density at radius 3 is 2.70 bits per heavy atom. The van der Waals surface area contributed by atoms with Crippen molar-refractivity contribution in [3.05, 3.63) is 39.3 Å². The first-order valence-electron chi connectivity index (χ1n) is 5.88. The van der Waals surface area contributed by atoms with Gasteiger partial charge in [0.25, 0.3) is 5.91 Å². The smallest absolute Gasteiger partial charge is 0.250 e. The number of aromatic nitrogens is 1. The summed E-state index contributed by atoms with van der Waals surface area (Å²) in [5.41, 5.74) is 11.7. The third kappa shape index (κ3) is 2.86. The number of nitrogens with zero attached hydrogens (tertiary/aromatic N) is 1. The lowest BCUT2D eigenvalue weighted by molar-refractivity contribution is 0.100. The molecule has 0 saturated heterocycles. The average molecular weight is 311 g/mol. The van der Waals surface area contributed by atoms with Crippen LogP contribution in [0.5, 0.6) is 0 Å². The molecule has 1 heterocycles. The third-order valence-corrected chi connectivity index (χ3v) is 4.18. The number of nitrogens with one attached hydrogen (secondary N) is 1. The van der Waals surface area contributed by atoms with Gasteiger partial charge in [-0.3, -0.25) is 4.79 Å². The minimum atomic E-state index is -0.586. The molecule has 0 atom stereocenters. The Bertz CT molecular complexity index is 640. The average Bonchev–Trinajstić information content (AvgIpc) is 2.86. The maximum Gasteiger partial charge on any atom is 0.250 e. The lowest BCUT2D eigenvalue weighted by atomic mass is 10.0. The quantitative estimate of drug-likeness (QED) is 0.757. The van der Waals surface area contributed by atoms with Crippen molar-refractivity contribution in [1.82, 2.24) is 4.98 Å². The first kappa shape index (κ1) is 14.6. The van der Waals surface area contributed by atoms with Crippen LogP contribution in [0, 0.1) is 0 Å². The van der Waals surface area contributed by atoms with Crippen LogP contribution >= 0.6 is 22.9 Å². The van der Waals surface area contributed by atoms with E-state index in [1.54, 1.807) is 12.3 Å². The summed E-state index contributed by atoms with van der Waals surface area (Å²) >= 11 is 7.69. The summed E-state index contributed by atoms with van der Waals surface area (Å²) < 4.78 is 0. The van der Waals surface area contributed by atoms with Gasteiger partial charge in [0.2, 0.25) is 0 Å². The molecular weight excluding hydrogens is 296 g/mol. The van der Waals surface area contributed by atoms with Gasteiger partial charge in [-0.2, -0.15) is 0 Å². The number of hydrogen-bond donors (Lipinski definition) is 3. The maximum absolute atomic E-state index is 11.6. The van der Waals surface area contributed by atoms with Gasteiger partial charge in [0.1, 0.15) is 5.01 Å². The minimum Gasteiger partial charge on any atom is -0.399 e. The molecule has 1 aromatic carbocycles. The summed E-state index contributed by atoms with van der Waals surface area (Å²) in [5.74, 6) is -0.586. The highest BCUT2D eigenvalue weighted by molar-refractivity contribution is 7.09. The van der Waals surface area contributed by atoms with Crippen molar-refractivity contribution in [2.24, 2.45) is 5.73 Å². The van der Waals surface area contributed by atoms with Crippen LogP contribution < -0.4 is 16.8 Å². The van der Waals surface area contributed by atoms with E-state index in [1.165, 1.54) is 17.4 Å². The van der Waals surface area contributed by atoms with Crippen molar-refractivity contribution >= 4 is 40.2 Å². The van der Waals surface area contributed by atoms with E-state index in [4.69, 9.17) is 23.1 Å². The van der Waals surface area contributed by atoms with Crippen molar-refractivity contribution in [3.8, 4) is 0 Å². The van der Waals surface area contributed by atoms with Gasteiger partial charge in [0.15, 0.2) is 0 Å². The van der Waals surface area contributed by atoms with E-state index < -0.39 is 11.4 Å².